The van der Waals surface area contributed by atoms with E-state index in [4.69, 9.17) is 10.2 Å². The number of nitrogens with two attached hydrogens (primary N) is 1. The number of furan rings is 1. The van der Waals surface area contributed by atoms with E-state index in [1.165, 1.54) is 0 Å². The van der Waals surface area contributed by atoms with E-state index in [9.17, 15) is 4.79 Å². The molecule has 2 N–H and O–H groups in total. The van der Waals surface area contributed by atoms with Crippen molar-refractivity contribution in [2.45, 2.75) is 26.2 Å². The maximum Gasteiger partial charge on any atom is 0.233 e. The van der Waals surface area contributed by atoms with Gasteiger partial charge in [-0.1, -0.05) is 25.1 Å². The third-order valence-corrected chi connectivity index (χ3v) is 4.60. The van der Waals surface area contributed by atoms with E-state index in [-0.39, 0.29) is 17.2 Å². The fraction of sp³-hybridized carbons (Fsp3) is 0.471. The summed E-state index contributed by atoms with van der Waals surface area (Å²) in [6.07, 6.45) is 0.974. The Morgan fingerprint density at radius 2 is 2.24 bits per heavy atom. The summed E-state index contributed by atoms with van der Waals surface area (Å²) in [6, 6.07) is 9.81. The van der Waals surface area contributed by atoms with E-state index in [1.54, 1.807) is 0 Å². The minimum atomic E-state index is -0.252. The molecule has 1 fully saturated rings. The Labute approximate surface area is 124 Å². The lowest BCUT2D eigenvalue weighted by molar-refractivity contribution is -0.132. The smallest absolute Gasteiger partial charge is 0.233 e. The van der Waals surface area contributed by atoms with Crippen LogP contribution in [0.5, 0.6) is 0 Å². The van der Waals surface area contributed by atoms with Crippen molar-refractivity contribution < 1.29 is 9.21 Å². The number of benzene rings is 1. The monoisotopic (exact) mass is 286 g/mol. The second kappa shape index (κ2) is 5.19. The van der Waals surface area contributed by atoms with Crippen LogP contribution in [0.3, 0.4) is 0 Å². The van der Waals surface area contributed by atoms with Crippen molar-refractivity contribution in [1.29, 1.82) is 0 Å². The average Bonchev–Trinajstić information content (AvgIpc) is 3.10. The Hall–Kier alpha value is -1.81. The van der Waals surface area contributed by atoms with Crippen LogP contribution in [0.15, 0.2) is 34.7 Å². The summed E-state index contributed by atoms with van der Waals surface area (Å²) >= 11 is 0. The molecular formula is C17H22N2O2. The number of fused-ring (bicyclic) bond motifs is 1. The molecule has 21 heavy (non-hydrogen) atoms. The number of carbonyl (C=O) groups excluding carboxylic acids is 1. The predicted molar refractivity (Wildman–Crippen MR) is 83.0 cm³/mol. The number of amides is 1. The summed E-state index contributed by atoms with van der Waals surface area (Å²) in [5.41, 5.74) is 6.70. The number of likely N-dealkylation sites (tertiary alicyclic amines) is 1. The van der Waals surface area contributed by atoms with Crippen molar-refractivity contribution in [3.8, 4) is 0 Å². The lowest BCUT2D eigenvalue weighted by atomic mass is 9.90. The zero-order valence-electron chi connectivity index (χ0n) is 12.6. The van der Waals surface area contributed by atoms with Crippen molar-refractivity contribution in [3.05, 3.63) is 36.1 Å². The van der Waals surface area contributed by atoms with Gasteiger partial charge in [0.1, 0.15) is 11.3 Å². The van der Waals surface area contributed by atoms with Crippen LogP contribution >= 0.6 is 0 Å². The molecule has 0 bridgehead atoms. The molecule has 3 rings (SSSR count). The van der Waals surface area contributed by atoms with E-state index >= 15 is 0 Å². The number of para-hydroxylation sites is 1. The molecule has 1 amide bonds. The van der Waals surface area contributed by atoms with E-state index in [0.717, 1.165) is 36.2 Å². The number of rotatable bonds is 3. The highest BCUT2D eigenvalue weighted by atomic mass is 16.3. The molecule has 1 aliphatic rings. The number of carbonyl (C=O) groups is 1. The van der Waals surface area contributed by atoms with Gasteiger partial charge in [0.25, 0.3) is 0 Å². The maximum atomic E-state index is 12.7. The van der Waals surface area contributed by atoms with Crippen LogP contribution in [0, 0.1) is 5.41 Å². The Morgan fingerprint density at radius 1 is 1.48 bits per heavy atom. The summed E-state index contributed by atoms with van der Waals surface area (Å²) in [7, 11) is 0. The predicted octanol–water partition coefficient (Wildman–Crippen LogP) is 2.73. The third-order valence-electron chi connectivity index (χ3n) is 4.60. The zero-order chi connectivity index (χ0) is 15.0. The van der Waals surface area contributed by atoms with Crippen molar-refractivity contribution in [1.82, 2.24) is 4.90 Å². The van der Waals surface area contributed by atoms with Gasteiger partial charge < -0.3 is 15.1 Å². The van der Waals surface area contributed by atoms with E-state index in [1.807, 2.05) is 42.2 Å². The molecule has 1 aromatic heterocycles. The lowest BCUT2D eigenvalue weighted by Gasteiger charge is -2.24. The SMILES string of the molecule is CC(C(=O)N1CCC(C)(CN)C1)c1cc2ccccc2o1. The van der Waals surface area contributed by atoms with Gasteiger partial charge in [-0.25, -0.2) is 0 Å². The minimum Gasteiger partial charge on any atom is -0.460 e. The summed E-state index contributed by atoms with van der Waals surface area (Å²) in [5, 5.41) is 1.04. The van der Waals surface area contributed by atoms with Gasteiger partial charge >= 0.3 is 0 Å². The lowest BCUT2D eigenvalue weighted by Crippen LogP contribution is -2.36. The van der Waals surface area contributed by atoms with Gasteiger partial charge in [0.15, 0.2) is 0 Å². The topological polar surface area (TPSA) is 59.5 Å². The molecule has 4 nitrogen and oxygen atoms in total. The molecule has 1 aliphatic heterocycles. The van der Waals surface area contributed by atoms with Gasteiger partial charge in [-0.2, -0.15) is 0 Å². The van der Waals surface area contributed by atoms with Crippen LogP contribution in [0.25, 0.3) is 11.0 Å². The molecule has 4 heteroatoms. The fourth-order valence-electron chi connectivity index (χ4n) is 2.99. The fourth-order valence-corrected chi connectivity index (χ4v) is 2.99. The first-order valence-corrected chi connectivity index (χ1v) is 7.50. The van der Waals surface area contributed by atoms with Gasteiger partial charge in [-0.15, -0.1) is 0 Å². The van der Waals surface area contributed by atoms with E-state index in [2.05, 4.69) is 6.92 Å². The summed E-state index contributed by atoms with van der Waals surface area (Å²) in [6.45, 7) is 6.21. The molecule has 112 valence electrons. The Kier molecular flexibility index (Phi) is 3.49. The first kappa shape index (κ1) is 14.1. The molecule has 0 radical (unpaired) electrons. The van der Waals surface area contributed by atoms with Crippen LogP contribution in [0.1, 0.15) is 31.9 Å². The molecule has 0 saturated carbocycles. The first-order valence-electron chi connectivity index (χ1n) is 7.50. The molecule has 2 unspecified atom stereocenters. The summed E-state index contributed by atoms with van der Waals surface area (Å²) in [5.74, 6) is 0.617. The molecule has 1 aromatic carbocycles. The summed E-state index contributed by atoms with van der Waals surface area (Å²) in [4.78, 5) is 14.6. The van der Waals surface area contributed by atoms with Gasteiger partial charge in [0.05, 0.1) is 5.92 Å². The van der Waals surface area contributed by atoms with Crippen LogP contribution < -0.4 is 5.73 Å². The van der Waals surface area contributed by atoms with Crippen LogP contribution in [0.2, 0.25) is 0 Å². The Balaban J connectivity index is 1.78. The van der Waals surface area contributed by atoms with Crippen LogP contribution in [0.4, 0.5) is 0 Å². The first-order chi connectivity index (χ1) is 10.0. The summed E-state index contributed by atoms with van der Waals surface area (Å²) < 4.78 is 5.82. The molecule has 2 heterocycles. The van der Waals surface area contributed by atoms with Crippen molar-refractivity contribution in [3.63, 3.8) is 0 Å². The Morgan fingerprint density at radius 3 is 2.90 bits per heavy atom. The van der Waals surface area contributed by atoms with Gasteiger partial charge in [-0.3, -0.25) is 4.79 Å². The number of hydrogen-bond donors (Lipinski definition) is 1. The van der Waals surface area contributed by atoms with Crippen LogP contribution in [-0.4, -0.2) is 30.4 Å². The third kappa shape index (κ3) is 2.56. The highest BCUT2D eigenvalue weighted by Gasteiger charge is 2.37. The molecule has 1 saturated heterocycles. The zero-order valence-corrected chi connectivity index (χ0v) is 12.6. The van der Waals surface area contributed by atoms with Gasteiger partial charge in [0.2, 0.25) is 5.91 Å². The second-order valence-corrected chi connectivity index (χ2v) is 6.43. The Bertz CT molecular complexity index is 631. The quantitative estimate of drug-likeness (QED) is 0.943. The standard InChI is InChI=1S/C17H22N2O2/c1-12(15-9-13-5-3-4-6-14(13)21-15)16(20)19-8-7-17(2,10-18)11-19/h3-6,9,12H,7-8,10-11,18H2,1-2H3. The van der Waals surface area contributed by atoms with E-state index in [0.29, 0.717) is 6.54 Å². The van der Waals surface area contributed by atoms with Crippen molar-refractivity contribution in [2.75, 3.05) is 19.6 Å². The molecule has 0 spiro atoms. The van der Waals surface area contributed by atoms with Crippen molar-refractivity contribution in [2.24, 2.45) is 11.1 Å². The van der Waals surface area contributed by atoms with Gasteiger partial charge in [0, 0.05) is 18.5 Å². The van der Waals surface area contributed by atoms with E-state index < -0.39 is 0 Å². The highest BCUT2D eigenvalue weighted by Crippen LogP contribution is 2.32. The number of nitrogens with zero attached hydrogens (tertiary/aromatic N) is 1. The molecule has 2 aromatic rings. The van der Waals surface area contributed by atoms with Crippen molar-refractivity contribution >= 4 is 16.9 Å². The van der Waals surface area contributed by atoms with Gasteiger partial charge in [-0.05, 0) is 37.4 Å². The molecule has 0 aliphatic carbocycles. The normalized spacial score (nSPS) is 23.7. The largest absolute Gasteiger partial charge is 0.460 e. The van der Waals surface area contributed by atoms with Crippen LogP contribution in [-0.2, 0) is 4.79 Å². The maximum absolute atomic E-state index is 12.7. The number of hydrogen-bond acceptors (Lipinski definition) is 3. The second-order valence-electron chi connectivity index (χ2n) is 6.43. The molecular weight excluding hydrogens is 264 g/mol. The molecule has 2 atom stereocenters. The highest BCUT2D eigenvalue weighted by molar-refractivity contribution is 5.85. The average molecular weight is 286 g/mol. The minimum absolute atomic E-state index is 0.0588.